The average molecular weight is 370 g/mol. The van der Waals surface area contributed by atoms with Crippen LogP contribution in [0.15, 0.2) is 59.5 Å². The lowest BCUT2D eigenvalue weighted by atomic mass is 9.85. The van der Waals surface area contributed by atoms with Crippen LogP contribution >= 0.6 is 0 Å². The molecule has 0 aliphatic carbocycles. The summed E-state index contributed by atoms with van der Waals surface area (Å²) in [5.74, 6) is -1.96. The van der Waals surface area contributed by atoms with Gasteiger partial charge in [0, 0.05) is 13.1 Å². The number of carbonyl (C=O) groups is 1. The number of hydrogen-bond donors (Lipinski definition) is 1. The largest absolute Gasteiger partial charge is 0.481 e. The second-order valence-corrected chi connectivity index (χ2v) is 8.25. The van der Waals surface area contributed by atoms with Gasteiger partial charge in [0.25, 0.3) is 0 Å². The molecule has 2 unspecified atom stereocenters. The smallest absolute Gasteiger partial charge is 0.307 e. The minimum absolute atomic E-state index is 0.0175. The molecule has 2 aromatic carbocycles. The van der Waals surface area contributed by atoms with Crippen LogP contribution in [0.25, 0.3) is 4.85 Å². The zero-order valence-corrected chi connectivity index (χ0v) is 14.8. The van der Waals surface area contributed by atoms with Crippen LogP contribution in [0.4, 0.5) is 5.69 Å². The number of benzene rings is 2. The van der Waals surface area contributed by atoms with Gasteiger partial charge in [0.1, 0.15) is 0 Å². The van der Waals surface area contributed by atoms with Crippen LogP contribution < -0.4 is 0 Å². The van der Waals surface area contributed by atoms with E-state index in [4.69, 9.17) is 6.57 Å². The average Bonchev–Trinajstić information content (AvgIpc) is 2.68. The summed E-state index contributed by atoms with van der Waals surface area (Å²) in [6.07, 6.45) is 0.396. The van der Waals surface area contributed by atoms with E-state index in [1.807, 2.05) is 30.3 Å². The lowest BCUT2D eigenvalue weighted by Crippen LogP contribution is -2.45. The van der Waals surface area contributed by atoms with Gasteiger partial charge < -0.3 is 5.11 Å². The molecule has 134 valence electrons. The third-order valence-electron chi connectivity index (χ3n) is 4.62. The Kier molecular flexibility index (Phi) is 5.07. The van der Waals surface area contributed by atoms with Crippen molar-refractivity contribution in [3.05, 3.63) is 71.6 Å². The maximum absolute atomic E-state index is 13.0. The number of rotatable bonds is 4. The van der Waals surface area contributed by atoms with Crippen molar-refractivity contribution in [3.63, 3.8) is 0 Å². The Hall–Kier alpha value is -2.69. The van der Waals surface area contributed by atoms with Crippen LogP contribution in [0.1, 0.15) is 17.9 Å². The van der Waals surface area contributed by atoms with Crippen molar-refractivity contribution in [1.82, 2.24) is 4.31 Å². The Morgan fingerprint density at radius 2 is 1.85 bits per heavy atom. The highest BCUT2D eigenvalue weighted by atomic mass is 32.2. The van der Waals surface area contributed by atoms with Crippen molar-refractivity contribution >= 4 is 21.7 Å². The molecule has 0 radical (unpaired) electrons. The quantitative estimate of drug-likeness (QED) is 0.839. The molecule has 26 heavy (non-hydrogen) atoms. The molecule has 1 aliphatic rings. The highest BCUT2D eigenvalue weighted by Crippen LogP contribution is 2.34. The molecular weight excluding hydrogens is 352 g/mol. The van der Waals surface area contributed by atoms with E-state index >= 15 is 0 Å². The topological polar surface area (TPSA) is 79.0 Å². The monoisotopic (exact) mass is 370 g/mol. The Morgan fingerprint density at radius 3 is 2.50 bits per heavy atom. The molecule has 3 rings (SSSR count). The molecule has 0 saturated carbocycles. The van der Waals surface area contributed by atoms with Gasteiger partial charge in [0.05, 0.1) is 17.4 Å². The van der Waals surface area contributed by atoms with Gasteiger partial charge in [-0.2, -0.15) is 4.31 Å². The Balaban J connectivity index is 1.96. The van der Waals surface area contributed by atoms with Gasteiger partial charge in [-0.15, -0.1) is 0 Å². The summed E-state index contributed by atoms with van der Waals surface area (Å²) in [6.45, 7) is 7.22. The predicted molar refractivity (Wildman–Crippen MR) is 96.4 cm³/mol. The van der Waals surface area contributed by atoms with Crippen molar-refractivity contribution in [2.45, 2.75) is 17.2 Å². The van der Waals surface area contributed by atoms with Crippen molar-refractivity contribution in [1.29, 1.82) is 0 Å². The van der Waals surface area contributed by atoms with Crippen molar-refractivity contribution < 1.29 is 18.3 Å². The van der Waals surface area contributed by atoms with Crippen LogP contribution in [0, 0.1) is 12.5 Å². The van der Waals surface area contributed by atoms with E-state index < -0.39 is 21.9 Å². The van der Waals surface area contributed by atoms with E-state index in [1.54, 1.807) is 0 Å². The van der Waals surface area contributed by atoms with Gasteiger partial charge in [-0.1, -0.05) is 42.5 Å². The van der Waals surface area contributed by atoms with Crippen LogP contribution in [-0.4, -0.2) is 36.9 Å². The first-order valence-corrected chi connectivity index (χ1v) is 9.61. The number of aliphatic carboxylic acids is 1. The zero-order valence-electron chi connectivity index (χ0n) is 13.9. The lowest BCUT2D eigenvalue weighted by Gasteiger charge is -2.35. The third kappa shape index (κ3) is 3.62. The van der Waals surface area contributed by atoms with Crippen molar-refractivity contribution in [3.8, 4) is 0 Å². The number of carboxylic acids is 1. The molecule has 1 saturated heterocycles. The Bertz CT molecular complexity index is 951. The molecule has 1 N–H and O–H groups in total. The van der Waals surface area contributed by atoms with Gasteiger partial charge in [-0.3, -0.25) is 4.79 Å². The molecule has 1 heterocycles. The predicted octanol–water partition coefficient (Wildman–Crippen LogP) is 3.12. The van der Waals surface area contributed by atoms with Crippen LogP contribution in [0.2, 0.25) is 0 Å². The summed E-state index contributed by atoms with van der Waals surface area (Å²) < 4.78 is 27.3. The van der Waals surface area contributed by atoms with E-state index in [-0.39, 0.29) is 29.6 Å². The van der Waals surface area contributed by atoms with Crippen molar-refractivity contribution in [2.75, 3.05) is 13.1 Å². The Labute approximate surface area is 152 Å². The number of piperidine rings is 1. The van der Waals surface area contributed by atoms with Gasteiger partial charge >= 0.3 is 5.97 Å². The fourth-order valence-corrected chi connectivity index (χ4v) is 4.83. The molecule has 0 aromatic heterocycles. The first kappa shape index (κ1) is 18.1. The number of carboxylic acid groups (broad SMARTS) is 1. The molecule has 1 fully saturated rings. The fraction of sp³-hybridized carbons (Fsp3) is 0.263. The molecular formula is C19H18N2O4S. The van der Waals surface area contributed by atoms with Crippen LogP contribution in [0.5, 0.6) is 0 Å². The molecule has 2 atom stereocenters. The number of nitrogens with zero attached hydrogens (tertiary/aromatic N) is 2. The standard InChI is InChI=1S/C19H18N2O4S/c1-20-17-8-5-9-18(11-17)26(24,25)21-12-15(10-16(13-21)19(22)23)14-6-3-2-4-7-14/h2-9,11,15-16H,10,12-13H2,(H,22,23). The van der Waals surface area contributed by atoms with Crippen LogP contribution in [0.3, 0.4) is 0 Å². The normalized spacial score (nSPS) is 21.0. The van der Waals surface area contributed by atoms with E-state index in [0.717, 1.165) is 5.56 Å². The molecule has 7 heteroatoms. The number of sulfonamides is 1. The minimum atomic E-state index is -3.88. The van der Waals surface area contributed by atoms with E-state index in [0.29, 0.717) is 6.42 Å². The molecule has 6 nitrogen and oxygen atoms in total. The highest BCUT2D eigenvalue weighted by Gasteiger charge is 2.38. The van der Waals surface area contributed by atoms with Crippen LogP contribution in [-0.2, 0) is 14.8 Å². The highest BCUT2D eigenvalue weighted by molar-refractivity contribution is 7.89. The van der Waals surface area contributed by atoms with E-state index in [9.17, 15) is 18.3 Å². The first-order chi connectivity index (χ1) is 12.4. The summed E-state index contributed by atoms with van der Waals surface area (Å²) in [6, 6.07) is 15.2. The van der Waals surface area contributed by atoms with Gasteiger partial charge in [-0.25, -0.2) is 13.3 Å². The molecule has 2 aromatic rings. The second kappa shape index (κ2) is 7.28. The molecule has 0 spiro atoms. The first-order valence-electron chi connectivity index (χ1n) is 8.17. The molecule has 0 bridgehead atoms. The number of hydrogen-bond acceptors (Lipinski definition) is 3. The maximum Gasteiger partial charge on any atom is 0.307 e. The van der Waals surface area contributed by atoms with Gasteiger partial charge in [0.15, 0.2) is 5.69 Å². The third-order valence-corrected chi connectivity index (χ3v) is 6.45. The maximum atomic E-state index is 13.0. The van der Waals surface area contributed by atoms with Crippen molar-refractivity contribution in [2.24, 2.45) is 5.92 Å². The van der Waals surface area contributed by atoms with E-state index in [1.165, 1.54) is 28.6 Å². The van der Waals surface area contributed by atoms with E-state index in [2.05, 4.69) is 4.85 Å². The molecule has 0 amide bonds. The second-order valence-electron chi connectivity index (χ2n) is 6.31. The summed E-state index contributed by atoms with van der Waals surface area (Å²) in [5.41, 5.74) is 1.16. The lowest BCUT2D eigenvalue weighted by molar-refractivity contribution is -0.143. The summed E-state index contributed by atoms with van der Waals surface area (Å²) in [5, 5.41) is 9.48. The van der Waals surface area contributed by atoms with Gasteiger partial charge in [0.2, 0.25) is 10.0 Å². The summed E-state index contributed by atoms with van der Waals surface area (Å²) in [7, 11) is -3.88. The zero-order chi connectivity index (χ0) is 18.7. The molecule has 1 aliphatic heterocycles. The summed E-state index contributed by atoms with van der Waals surface area (Å²) >= 11 is 0. The fourth-order valence-electron chi connectivity index (χ4n) is 3.26. The SMILES string of the molecule is [C-]#[N+]c1cccc(S(=O)(=O)N2CC(C(=O)O)CC(c3ccccc3)C2)c1. The van der Waals surface area contributed by atoms with Gasteiger partial charge in [-0.05, 0) is 30.0 Å². The summed E-state index contributed by atoms with van der Waals surface area (Å²) in [4.78, 5) is 14.9. The minimum Gasteiger partial charge on any atom is -0.481 e. The Morgan fingerprint density at radius 1 is 1.12 bits per heavy atom.